The highest BCUT2D eigenvalue weighted by Gasteiger charge is 2.27. The standard InChI is InChI=1S/C20H19N3O5S2/c1-23-19(18-11-27-16-5-3-4-6-17(16)28-18)21-22-20(23)29-12-15(24)13-7-9-14(10-8-13)30(2,25)26/h3-10,18H,11-12H2,1-2H3/t18-/m0/s1. The van der Waals surface area contributed by atoms with Crippen LogP contribution in [0, 0.1) is 0 Å². The van der Waals surface area contributed by atoms with Crippen molar-refractivity contribution >= 4 is 27.4 Å². The van der Waals surface area contributed by atoms with E-state index >= 15 is 0 Å². The van der Waals surface area contributed by atoms with Gasteiger partial charge in [0.2, 0.25) is 0 Å². The molecule has 1 aromatic heterocycles. The summed E-state index contributed by atoms with van der Waals surface area (Å²) in [6.07, 6.45) is 0.733. The minimum Gasteiger partial charge on any atom is -0.485 e. The van der Waals surface area contributed by atoms with E-state index in [1.165, 1.54) is 36.0 Å². The van der Waals surface area contributed by atoms with Crippen molar-refractivity contribution in [2.45, 2.75) is 16.2 Å². The summed E-state index contributed by atoms with van der Waals surface area (Å²) in [7, 11) is -1.48. The minimum atomic E-state index is -3.29. The van der Waals surface area contributed by atoms with Crippen LogP contribution in [0.3, 0.4) is 0 Å². The van der Waals surface area contributed by atoms with Gasteiger partial charge < -0.3 is 14.0 Å². The average molecular weight is 446 g/mol. The maximum atomic E-state index is 12.5. The van der Waals surface area contributed by atoms with Crippen molar-refractivity contribution in [2.24, 2.45) is 7.05 Å². The van der Waals surface area contributed by atoms with Crippen molar-refractivity contribution in [2.75, 3.05) is 18.6 Å². The van der Waals surface area contributed by atoms with Gasteiger partial charge in [-0.15, -0.1) is 10.2 Å². The van der Waals surface area contributed by atoms with E-state index in [1.54, 1.807) is 4.57 Å². The lowest BCUT2D eigenvalue weighted by molar-refractivity contribution is 0.0825. The monoisotopic (exact) mass is 445 g/mol. The first kappa shape index (κ1) is 20.4. The highest BCUT2D eigenvalue weighted by Crippen LogP contribution is 2.35. The number of para-hydroxylation sites is 2. The van der Waals surface area contributed by atoms with Gasteiger partial charge in [-0.05, 0) is 24.3 Å². The summed E-state index contributed by atoms with van der Waals surface area (Å²) < 4.78 is 36.6. The van der Waals surface area contributed by atoms with E-state index in [2.05, 4.69) is 10.2 Å². The third kappa shape index (κ3) is 4.19. The van der Waals surface area contributed by atoms with Gasteiger partial charge in [0.25, 0.3) is 0 Å². The van der Waals surface area contributed by atoms with Crippen molar-refractivity contribution in [3.8, 4) is 11.5 Å². The number of hydrogen-bond acceptors (Lipinski definition) is 8. The van der Waals surface area contributed by atoms with Crippen LogP contribution >= 0.6 is 11.8 Å². The Balaban J connectivity index is 1.42. The van der Waals surface area contributed by atoms with Crippen molar-refractivity contribution < 1.29 is 22.7 Å². The second kappa shape index (κ2) is 8.11. The number of hydrogen-bond donors (Lipinski definition) is 0. The zero-order chi connectivity index (χ0) is 21.3. The van der Waals surface area contributed by atoms with Crippen molar-refractivity contribution in [3.05, 3.63) is 59.9 Å². The van der Waals surface area contributed by atoms with Crippen LogP contribution in [0.25, 0.3) is 0 Å². The third-order valence-electron chi connectivity index (χ3n) is 4.60. The van der Waals surface area contributed by atoms with Gasteiger partial charge in [-0.1, -0.05) is 36.0 Å². The summed E-state index contributed by atoms with van der Waals surface area (Å²) in [4.78, 5) is 12.6. The largest absolute Gasteiger partial charge is 0.485 e. The zero-order valence-corrected chi connectivity index (χ0v) is 17.9. The second-order valence-corrected chi connectivity index (χ2v) is 9.73. The Morgan fingerprint density at radius 3 is 2.53 bits per heavy atom. The van der Waals surface area contributed by atoms with Gasteiger partial charge in [0.15, 0.2) is 44.2 Å². The lowest BCUT2D eigenvalue weighted by atomic mass is 10.1. The number of nitrogens with zero attached hydrogens (tertiary/aromatic N) is 3. The predicted molar refractivity (Wildman–Crippen MR) is 111 cm³/mol. The Kier molecular flexibility index (Phi) is 5.52. The molecule has 156 valence electrons. The Bertz CT molecular complexity index is 1190. The van der Waals surface area contributed by atoms with E-state index < -0.39 is 15.9 Å². The first-order chi connectivity index (χ1) is 14.3. The van der Waals surface area contributed by atoms with Gasteiger partial charge in [0, 0.05) is 18.9 Å². The van der Waals surface area contributed by atoms with Crippen molar-refractivity contribution in [1.82, 2.24) is 14.8 Å². The van der Waals surface area contributed by atoms with Gasteiger partial charge in [-0.2, -0.15) is 0 Å². The van der Waals surface area contributed by atoms with E-state index in [9.17, 15) is 13.2 Å². The Hall–Kier alpha value is -2.85. The van der Waals surface area contributed by atoms with Gasteiger partial charge in [-0.3, -0.25) is 4.79 Å². The highest BCUT2D eigenvalue weighted by molar-refractivity contribution is 7.99. The third-order valence-corrected chi connectivity index (χ3v) is 6.75. The SMILES string of the molecule is Cn1c(SCC(=O)c2ccc(S(C)(=O)=O)cc2)nnc1[C@@H]1COc2ccccc2O1. The topological polar surface area (TPSA) is 100 Å². The molecular formula is C20H19N3O5S2. The van der Waals surface area contributed by atoms with E-state index in [0.29, 0.717) is 34.7 Å². The number of rotatable bonds is 6. The summed E-state index contributed by atoms with van der Waals surface area (Å²) in [5.74, 6) is 1.97. The van der Waals surface area contributed by atoms with Crippen LogP contribution in [0.2, 0.25) is 0 Å². The molecule has 0 bridgehead atoms. The predicted octanol–water partition coefficient (Wildman–Crippen LogP) is 2.71. The van der Waals surface area contributed by atoms with E-state index in [0.717, 1.165) is 6.26 Å². The lowest BCUT2D eigenvalue weighted by Gasteiger charge is -2.25. The molecule has 10 heteroatoms. The summed E-state index contributed by atoms with van der Waals surface area (Å²) in [5.41, 5.74) is 0.443. The van der Waals surface area contributed by atoms with E-state index in [4.69, 9.17) is 9.47 Å². The number of carbonyl (C=O) groups excluding carboxylic acids is 1. The van der Waals surface area contributed by atoms with Gasteiger partial charge in [0.1, 0.15) is 6.61 Å². The van der Waals surface area contributed by atoms with Crippen LogP contribution in [-0.4, -0.2) is 47.6 Å². The maximum absolute atomic E-state index is 12.5. The molecule has 1 aliphatic rings. The molecule has 0 amide bonds. The number of sulfone groups is 1. The quantitative estimate of drug-likeness (QED) is 0.422. The van der Waals surface area contributed by atoms with Gasteiger partial charge in [-0.25, -0.2) is 8.42 Å². The molecule has 4 rings (SSSR count). The molecule has 0 saturated carbocycles. The fraction of sp³-hybridized carbons (Fsp3) is 0.250. The van der Waals surface area contributed by atoms with Crippen LogP contribution in [0.15, 0.2) is 58.6 Å². The molecule has 1 aliphatic heterocycles. The molecule has 0 spiro atoms. The molecule has 0 aliphatic carbocycles. The Morgan fingerprint density at radius 1 is 1.13 bits per heavy atom. The Morgan fingerprint density at radius 2 is 1.83 bits per heavy atom. The van der Waals surface area contributed by atoms with Crippen molar-refractivity contribution in [3.63, 3.8) is 0 Å². The number of ketones is 1. The summed E-state index contributed by atoms with van der Waals surface area (Å²) in [6, 6.07) is 13.3. The van der Waals surface area contributed by atoms with E-state index in [1.807, 2.05) is 31.3 Å². The van der Waals surface area contributed by atoms with E-state index in [-0.39, 0.29) is 16.4 Å². The van der Waals surface area contributed by atoms with Crippen LogP contribution in [0.4, 0.5) is 0 Å². The minimum absolute atomic E-state index is 0.129. The van der Waals surface area contributed by atoms with Crippen LogP contribution < -0.4 is 9.47 Å². The van der Waals surface area contributed by atoms with Crippen LogP contribution in [0.1, 0.15) is 22.3 Å². The highest BCUT2D eigenvalue weighted by atomic mass is 32.2. The van der Waals surface area contributed by atoms with Crippen molar-refractivity contribution in [1.29, 1.82) is 0 Å². The number of ether oxygens (including phenoxy) is 2. The molecular weight excluding hydrogens is 426 g/mol. The molecule has 2 aromatic carbocycles. The number of Topliss-reactive ketones (excluding diaryl/α,β-unsaturated/α-hetero) is 1. The summed E-state index contributed by atoms with van der Waals surface area (Å²) in [5, 5.41) is 8.96. The second-order valence-electron chi connectivity index (χ2n) is 6.77. The number of fused-ring (bicyclic) bond motifs is 1. The first-order valence-electron chi connectivity index (χ1n) is 9.07. The first-order valence-corrected chi connectivity index (χ1v) is 11.9. The number of carbonyl (C=O) groups is 1. The smallest absolute Gasteiger partial charge is 0.192 e. The molecule has 0 N–H and O–H groups in total. The molecule has 0 radical (unpaired) electrons. The zero-order valence-electron chi connectivity index (χ0n) is 16.3. The van der Waals surface area contributed by atoms with Gasteiger partial charge in [0.05, 0.1) is 10.6 Å². The molecule has 2 heterocycles. The number of thioether (sulfide) groups is 1. The molecule has 30 heavy (non-hydrogen) atoms. The van der Waals surface area contributed by atoms with Crippen LogP contribution in [-0.2, 0) is 16.9 Å². The fourth-order valence-electron chi connectivity index (χ4n) is 2.98. The molecule has 0 unspecified atom stereocenters. The van der Waals surface area contributed by atoms with Gasteiger partial charge >= 0.3 is 0 Å². The number of benzene rings is 2. The molecule has 8 nitrogen and oxygen atoms in total. The normalized spacial score (nSPS) is 15.7. The lowest BCUT2D eigenvalue weighted by Crippen LogP contribution is -2.24. The Labute approximate surface area is 178 Å². The number of aromatic nitrogens is 3. The van der Waals surface area contributed by atoms with Crippen LogP contribution in [0.5, 0.6) is 11.5 Å². The average Bonchev–Trinajstić information content (AvgIpc) is 3.11. The molecule has 0 fully saturated rings. The molecule has 0 saturated heterocycles. The fourth-order valence-corrected chi connectivity index (χ4v) is 4.42. The molecule has 3 aromatic rings. The summed E-state index contributed by atoms with van der Waals surface area (Å²) in [6.45, 7) is 0.319. The maximum Gasteiger partial charge on any atom is 0.192 e. The summed E-state index contributed by atoms with van der Waals surface area (Å²) >= 11 is 1.26. The molecule has 1 atom stereocenters.